The zero-order chi connectivity index (χ0) is 18.2. The topological polar surface area (TPSA) is 70.2 Å². The minimum Gasteiger partial charge on any atom is -0.376 e. The summed E-state index contributed by atoms with van der Waals surface area (Å²) in [5, 5.41) is 9.42. The lowest BCUT2D eigenvalue weighted by molar-refractivity contribution is -0.116. The number of amides is 2. The number of carbonyl (C=O) groups is 2. The minimum absolute atomic E-state index is 0.0343. The van der Waals surface area contributed by atoms with Gasteiger partial charge in [0.2, 0.25) is 11.8 Å². The third-order valence-corrected chi connectivity index (χ3v) is 3.84. The molecule has 0 radical (unpaired) electrons. The molecule has 2 aromatic carbocycles. The van der Waals surface area contributed by atoms with E-state index in [1.807, 2.05) is 13.0 Å². The van der Waals surface area contributed by atoms with Crippen LogP contribution in [0.4, 0.5) is 17.1 Å². The van der Waals surface area contributed by atoms with Gasteiger partial charge in [-0.1, -0.05) is 36.2 Å². The molecule has 0 saturated carbocycles. The van der Waals surface area contributed by atoms with Gasteiger partial charge in [-0.2, -0.15) is 0 Å². The highest BCUT2D eigenvalue weighted by molar-refractivity contribution is 6.35. The highest BCUT2D eigenvalue weighted by Crippen LogP contribution is 2.25. The van der Waals surface area contributed by atoms with Gasteiger partial charge in [-0.15, -0.1) is 0 Å². The van der Waals surface area contributed by atoms with E-state index < -0.39 is 0 Å². The Morgan fingerprint density at radius 1 is 0.960 bits per heavy atom. The fraction of sp³-hybridized carbons (Fsp3) is 0.222. The zero-order valence-corrected chi connectivity index (χ0v) is 15.2. The van der Waals surface area contributed by atoms with Gasteiger partial charge in [0.1, 0.15) is 0 Å². The average Bonchev–Trinajstić information content (AvgIpc) is 2.57. The predicted molar refractivity (Wildman–Crippen MR) is 104 cm³/mol. The number of rotatable bonds is 7. The average molecular weight is 380 g/mol. The third kappa shape index (κ3) is 6.29. The van der Waals surface area contributed by atoms with E-state index in [9.17, 15) is 9.59 Å². The van der Waals surface area contributed by atoms with Crippen molar-refractivity contribution in [1.29, 1.82) is 0 Å². The van der Waals surface area contributed by atoms with Crippen LogP contribution >= 0.6 is 23.2 Å². The van der Waals surface area contributed by atoms with Crippen LogP contribution in [0.15, 0.2) is 42.5 Å². The van der Waals surface area contributed by atoms with Crippen LogP contribution in [0.2, 0.25) is 10.0 Å². The first-order valence-corrected chi connectivity index (χ1v) is 8.62. The molecule has 0 aliphatic carbocycles. The molecule has 7 heteroatoms. The molecule has 0 heterocycles. The normalized spacial score (nSPS) is 10.2. The van der Waals surface area contributed by atoms with E-state index in [-0.39, 0.29) is 18.4 Å². The van der Waals surface area contributed by atoms with Crippen LogP contribution in [-0.4, -0.2) is 18.4 Å². The molecular weight excluding hydrogens is 361 g/mol. The fourth-order valence-corrected chi connectivity index (χ4v) is 2.46. The summed E-state index contributed by atoms with van der Waals surface area (Å²) in [6.45, 7) is 2.00. The zero-order valence-electron chi connectivity index (χ0n) is 13.7. The van der Waals surface area contributed by atoms with Gasteiger partial charge in [-0.05, 0) is 42.8 Å². The van der Waals surface area contributed by atoms with Crippen molar-refractivity contribution in [2.75, 3.05) is 22.5 Å². The Balaban J connectivity index is 1.91. The van der Waals surface area contributed by atoms with Gasteiger partial charge in [-0.3, -0.25) is 9.59 Å². The Labute approximate surface area is 156 Å². The summed E-state index contributed by atoms with van der Waals surface area (Å²) in [6.07, 6.45) is 1.26. The molecule has 0 atom stereocenters. The van der Waals surface area contributed by atoms with E-state index in [0.717, 1.165) is 12.1 Å². The number of hydrogen-bond acceptors (Lipinski definition) is 3. The maximum Gasteiger partial charge on any atom is 0.243 e. The first-order chi connectivity index (χ1) is 12.0. The molecule has 5 nitrogen and oxygen atoms in total. The Morgan fingerprint density at radius 3 is 2.48 bits per heavy atom. The summed E-state index contributed by atoms with van der Waals surface area (Å²) in [6, 6.07) is 12.0. The largest absolute Gasteiger partial charge is 0.376 e. The van der Waals surface area contributed by atoms with Crippen molar-refractivity contribution in [3.05, 3.63) is 52.5 Å². The first-order valence-electron chi connectivity index (χ1n) is 7.86. The van der Waals surface area contributed by atoms with E-state index in [1.54, 1.807) is 36.4 Å². The van der Waals surface area contributed by atoms with Crippen LogP contribution in [0.3, 0.4) is 0 Å². The summed E-state index contributed by atoms with van der Waals surface area (Å²) in [5.41, 5.74) is 1.87. The van der Waals surface area contributed by atoms with Gasteiger partial charge < -0.3 is 16.0 Å². The summed E-state index contributed by atoms with van der Waals surface area (Å²) >= 11 is 11.9. The Kier molecular flexibility index (Phi) is 7.10. The van der Waals surface area contributed by atoms with Crippen LogP contribution < -0.4 is 16.0 Å². The number of benzene rings is 2. The van der Waals surface area contributed by atoms with Crippen LogP contribution in [0.5, 0.6) is 0 Å². The van der Waals surface area contributed by atoms with Gasteiger partial charge in [0, 0.05) is 22.8 Å². The summed E-state index contributed by atoms with van der Waals surface area (Å²) in [4.78, 5) is 23.7. The predicted octanol–water partition coefficient (Wildman–Crippen LogP) is 4.78. The van der Waals surface area contributed by atoms with Gasteiger partial charge >= 0.3 is 0 Å². The van der Waals surface area contributed by atoms with Crippen molar-refractivity contribution in [3.8, 4) is 0 Å². The SMILES string of the molecule is CCCC(=O)Nc1cccc(NCC(=O)Nc2cc(Cl)ccc2Cl)c1. The molecule has 0 unspecified atom stereocenters. The van der Waals surface area contributed by atoms with Crippen molar-refractivity contribution in [1.82, 2.24) is 0 Å². The minimum atomic E-state index is -0.260. The molecule has 0 saturated heterocycles. The van der Waals surface area contributed by atoms with E-state index in [1.165, 1.54) is 0 Å². The number of anilines is 3. The molecule has 2 rings (SSSR count). The monoisotopic (exact) mass is 379 g/mol. The van der Waals surface area contributed by atoms with E-state index in [2.05, 4.69) is 16.0 Å². The molecule has 25 heavy (non-hydrogen) atoms. The van der Waals surface area contributed by atoms with E-state index in [0.29, 0.717) is 27.8 Å². The van der Waals surface area contributed by atoms with Crippen LogP contribution in [-0.2, 0) is 9.59 Å². The maximum absolute atomic E-state index is 12.1. The number of halogens is 2. The quantitative estimate of drug-likeness (QED) is 0.647. The molecule has 132 valence electrons. The van der Waals surface area contributed by atoms with Gasteiger partial charge in [0.15, 0.2) is 0 Å². The Morgan fingerprint density at radius 2 is 1.72 bits per heavy atom. The standard InChI is InChI=1S/C18H19Cl2N3O2/c1-2-4-17(24)22-14-6-3-5-13(10-14)21-11-18(25)23-16-9-12(19)7-8-15(16)20/h3,5-10,21H,2,4,11H2,1H3,(H,22,24)(H,23,25). The highest BCUT2D eigenvalue weighted by Gasteiger charge is 2.07. The van der Waals surface area contributed by atoms with Crippen molar-refractivity contribution in [3.63, 3.8) is 0 Å². The molecule has 0 spiro atoms. The number of nitrogens with one attached hydrogen (secondary N) is 3. The lowest BCUT2D eigenvalue weighted by Crippen LogP contribution is -2.22. The molecule has 0 aliphatic rings. The van der Waals surface area contributed by atoms with Crippen LogP contribution in [0, 0.1) is 0 Å². The van der Waals surface area contributed by atoms with Crippen LogP contribution in [0.1, 0.15) is 19.8 Å². The number of hydrogen-bond donors (Lipinski definition) is 3. The molecule has 0 fully saturated rings. The fourth-order valence-electron chi connectivity index (χ4n) is 2.13. The highest BCUT2D eigenvalue weighted by atomic mass is 35.5. The van der Waals surface area contributed by atoms with E-state index in [4.69, 9.17) is 23.2 Å². The van der Waals surface area contributed by atoms with Gasteiger partial charge in [-0.25, -0.2) is 0 Å². The smallest absolute Gasteiger partial charge is 0.243 e. The second-order valence-corrected chi connectivity index (χ2v) is 6.25. The molecule has 0 aromatic heterocycles. The molecule has 0 aliphatic heterocycles. The van der Waals surface area contributed by atoms with Crippen LogP contribution in [0.25, 0.3) is 0 Å². The molecule has 0 bridgehead atoms. The van der Waals surface area contributed by atoms with Gasteiger partial charge in [0.25, 0.3) is 0 Å². The van der Waals surface area contributed by atoms with Gasteiger partial charge in [0.05, 0.1) is 17.3 Å². The van der Waals surface area contributed by atoms with E-state index >= 15 is 0 Å². The van der Waals surface area contributed by atoms with Crippen molar-refractivity contribution < 1.29 is 9.59 Å². The third-order valence-electron chi connectivity index (χ3n) is 3.28. The number of carbonyl (C=O) groups excluding carboxylic acids is 2. The Hall–Kier alpha value is -2.24. The maximum atomic E-state index is 12.1. The first kappa shape index (κ1) is 19.1. The van der Waals surface area contributed by atoms with Crippen molar-refractivity contribution in [2.24, 2.45) is 0 Å². The molecular formula is C18H19Cl2N3O2. The van der Waals surface area contributed by atoms with Crippen molar-refractivity contribution >= 4 is 52.1 Å². The summed E-state index contributed by atoms with van der Waals surface area (Å²) in [5.74, 6) is -0.294. The lowest BCUT2D eigenvalue weighted by atomic mass is 10.2. The molecule has 2 aromatic rings. The van der Waals surface area contributed by atoms with Crippen molar-refractivity contribution in [2.45, 2.75) is 19.8 Å². The molecule has 2 amide bonds. The summed E-state index contributed by atoms with van der Waals surface area (Å²) < 4.78 is 0. The lowest BCUT2D eigenvalue weighted by Gasteiger charge is -2.11. The molecule has 3 N–H and O–H groups in total. The second-order valence-electron chi connectivity index (χ2n) is 5.40. The second kappa shape index (κ2) is 9.30. The summed E-state index contributed by atoms with van der Waals surface area (Å²) in [7, 11) is 0. The Bertz CT molecular complexity index is 766.